The molecule has 3 heteroatoms. The van der Waals surface area contributed by atoms with Gasteiger partial charge in [-0.3, -0.25) is 4.79 Å². The molecule has 0 spiro atoms. The third-order valence-corrected chi connectivity index (χ3v) is 4.20. The molecule has 3 nitrogen and oxygen atoms in total. The van der Waals surface area contributed by atoms with Crippen molar-refractivity contribution >= 4 is 16.8 Å². The molecule has 0 aliphatic heterocycles. The van der Waals surface area contributed by atoms with Gasteiger partial charge in [-0.25, -0.2) is 4.98 Å². The van der Waals surface area contributed by atoms with Gasteiger partial charge in [0.15, 0.2) is 5.78 Å². The zero-order valence-corrected chi connectivity index (χ0v) is 11.2. The third-order valence-electron chi connectivity index (χ3n) is 4.20. The molecule has 100 valence electrons. The van der Waals surface area contributed by atoms with Gasteiger partial charge in [-0.1, -0.05) is 38.5 Å². The van der Waals surface area contributed by atoms with Crippen molar-refractivity contribution in [2.24, 2.45) is 5.92 Å². The van der Waals surface area contributed by atoms with Crippen LogP contribution in [0.5, 0.6) is 0 Å². The lowest BCUT2D eigenvalue weighted by Crippen LogP contribution is -2.08. The van der Waals surface area contributed by atoms with Crippen molar-refractivity contribution in [2.45, 2.75) is 44.9 Å². The summed E-state index contributed by atoms with van der Waals surface area (Å²) in [5, 5.41) is 0.959. The predicted octanol–water partition coefficient (Wildman–Crippen LogP) is 4.11. The Hall–Kier alpha value is -1.64. The van der Waals surface area contributed by atoms with Crippen LogP contribution in [0, 0.1) is 5.92 Å². The molecule has 0 amide bonds. The van der Waals surface area contributed by atoms with E-state index in [1.165, 1.54) is 38.5 Å². The first kappa shape index (κ1) is 12.4. The van der Waals surface area contributed by atoms with Gasteiger partial charge in [-0.2, -0.15) is 0 Å². The van der Waals surface area contributed by atoms with Crippen LogP contribution in [0.15, 0.2) is 24.5 Å². The normalized spacial score (nSPS) is 17.5. The number of nitrogens with zero attached hydrogens (tertiary/aromatic N) is 1. The molecule has 0 atom stereocenters. The highest BCUT2D eigenvalue weighted by molar-refractivity contribution is 6.07. The quantitative estimate of drug-likeness (QED) is 0.663. The molecule has 1 N–H and O–H groups in total. The second kappa shape index (κ2) is 5.55. The summed E-state index contributed by atoms with van der Waals surface area (Å²) in [6.07, 6.45) is 11.9. The van der Waals surface area contributed by atoms with Crippen molar-refractivity contribution in [1.29, 1.82) is 0 Å². The molecule has 3 rings (SSSR count). The number of aromatic amines is 1. The number of rotatable bonds is 3. The first-order chi connectivity index (χ1) is 9.34. The van der Waals surface area contributed by atoms with Gasteiger partial charge in [-0.15, -0.1) is 0 Å². The topological polar surface area (TPSA) is 45.8 Å². The van der Waals surface area contributed by atoms with Crippen molar-refractivity contribution in [1.82, 2.24) is 9.97 Å². The van der Waals surface area contributed by atoms with Crippen LogP contribution in [0.25, 0.3) is 11.0 Å². The number of H-pyrrole nitrogens is 1. The van der Waals surface area contributed by atoms with E-state index in [0.29, 0.717) is 12.3 Å². The summed E-state index contributed by atoms with van der Waals surface area (Å²) in [5.74, 6) is 0.850. The Morgan fingerprint density at radius 3 is 2.84 bits per heavy atom. The van der Waals surface area contributed by atoms with Crippen LogP contribution in [0.3, 0.4) is 0 Å². The Bertz CT molecular complexity index is 565. The second-order valence-corrected chi connectivity index (χ2v) is 5.59. The Labute approximate surface area is 113 Å². The van der Waals surface area contributed by atoms with Crippen molar-refractivity contribution < 1.29 is 4.79 Å². The minimum absolute atomic E-state index is 0.270. The monoisotopic (exact) mass is 256 g/mol. The number of carbonyl (C=O) groups is 1. The Kier molecular flexibility index (Phi) is 3.62. The summed E-state index contributed by atoms with van der Waals surface area (Å²) in [6, 6.07) is 3.86. The molecule has 0 bridgehead atoms. The summed E-state index contributed by atoms with van der Waals surface area (Å²) >= 11 is 0. The first-order valence-electron chi connectivity index (χ1n) is 7.30. The van der Waals surface area contributed by atoms with Crippen LogP contribution in [0.4, 0.5) is 0 Å². The number of fused-ring (bicyclic) bond motifs is 1. The maximum absolute atomic E-state index is 12.5. The first-order valence-corrected chi connectivity index (χ1v) is 7.30. The number of ketones is 1. The number of hydrogen-bond donors (Lipinski definition) is 1. The van der Waals surface area contributed by atoms with E-state index in [0.717, 1.165) is 16.6 Å². The fraction of sp³-hybridized carbons (Fsp3) is 0.500. The zero-order chi connectivity index (χ0) is 13.1. The predicted molar refractivity (Wildman–Crippen MR) is 76.2 cm³/mol. The van der Waals surface area contributed by atoms with Gasteiger partial charge in [0, 0.05) is 29.8 Å². The van der Waals surface area contributed by atoms with E-state index in [1.807, 2.05) is 18.3 Å². The molecule has 1 fully saturated rings. The third kappa shape index (κ3) is 2.70. The Balaban J connectivity index is 1.76. The van der Waals surface area contributed by atoms with Gasteiger partial charge < -0.3 is 4.98 Å². The molecule has 19 heavy (non-hydrogen) atoms. The smallest absolute Gasteiger partial charge is 0.165 e. The van der Waals surface area contributed by atoms with E-state index in [2.05, 4.69) is 9.97 Å². The van der Waals surface area contributed by atoms with Gasteiger partial charge in [0.1, 0.15) is 5.65 Å². The lowest BCUT2D eigenvalue weighted by atomic mass is 9.92. The van der Waals surface area contributed by atoms with Crippen LogP contribution in [0.2, 0.25) is 0 Å². The lowest BCUT2D eigenvalue weighted by molar-refractivity contribution is 0.0958. The highest BCUT2D eigenvalue weighted by Crippen LogP contribution is 2.28. The number of nitrogens with one attached hydrogen (secondary N) is 1. The second-order valence-electron chi connectivity index (χ2n) is 5.59. The number of Topliss-reactive ketones (excluding diaryl/α,β-unsaturated/α-hetero) is 1. The molecule has 1 aliphatic carbocycles. The van der Waals surface area contributed by atoms with Gasteiger partial charge in [0.25, 0.3) is 0 Å². The van der Waals surface area contributed by atoms with Crippen LogP contribution in [0.1, 0.15) is 55.3 Å². The molecule has 1 saturated carbocycles. The molecular formula is C16H20N2O. The molecule has 2 aromatic heterocycles. The largest absolute Gasteiger partial charge is 0.345 e. The minimum Gasteiger partial charge on any atom is -0.345 e. The van der Waals surface area contributed by atoms with Crippen molar-refractivity contribution in [3.8, 4) is 0 Å². The van der Waals surface area contributed by atoms with Crippen LogP contribution in [-0.2, 0) is 0 Å². The maximum atomic E-state index is 12.5. The fourth-order valence-electron chi connectivity index (χ4n) is 3.13. The van der Waals surface area contributed by atoms with Crippen LogP contribution in [-0.4, -0.2) is 15.8 Å². The van der Waals surface area contributed by atoms with E-state index >= 15 is 0 Å². The van der Waals surface area contributed by atoms with Crippen molar-refractivity contribution in [2.75, 3.05) is 0 Å². The van der Waals surface area contributed by atoms with Gasteiger partial charge in [-0.05, 0) is 18.1 Å². The zero-order valence-electron chi connectivity index (χ0n) is 11.2. The van der Waals surface area contributed by atoms with E-state index in [4.69, 9.17) is 0 Å². The highest BCUT2D eigenvalue weighted by atomic mass is 16.1. The van der Waals surface area contributed by atoms with Crippen molar-refractivity contribution in [3.05, 3.63) is 30.1 Å². The lowest BCUT2D eigenvalue weighted by Gasteiger charge is -2.12. The number of hydrogen-bond acceptors (Lipinski definition) is 2. The number of carbonyl (C=O) groups excluding carboxylic acids is 1. The summed E-state index contributed by atoms with van der Waals surface area (Å²) in [5.41, 5.74) is 1.62. The average Bonchev–Trinajstić information content (AvgIpc) is 2.70. The van der Waals surface area contributed by atoms with E-state index in [1.54, 1.807) is 6.20 Å². The van der Waals surface area contributed by atoms with Gasteiger partial charge >= 0.3 is 0 Å². The summed E-state index contributed by atoms with van der Waals surface area (Å²) in [4.78, 5) is 19.8. The Morgan fingerprint density at radius 2 is 2.05 bits per heavy atom. The Morgan fingerprint density at radius 1 is 1.26 bits per heavy atom. The van der Waals surface area contributed by atoms with Crippen LogP contribution < -0.4 is 0 Å². The summed E-state index contributed by atoms with van der Waals surface area (Å²) < 4.78 is 0. The van der Waals surface area contributed by atoms with Crippen molar-refractivity contribution in [3.63, 3.8) is 0 Å². The van der Waals surface area contributed by atoms with E-state index in [9.17, 15) is 4.79 Å². The van der Waals surface area contributed by atoms with Gasteiger partial charge in [0.05, 0.1) is 0 Å². The summed E-state index contributed by atoms with van der Waals surface area (Å²) in [6.45, 7) is 0. The molecular weight excluding hydrogens is 236 g/mol. The number of aromatic nitrogens is 2. The van der Waals surface area contributed by atoms with Gasteiger partial charge in [0.2, 0.25) is 0 Å². The number of pyridine rings is 1. The molecule has 0 saturated heterocycles. The summed E-state index contributed by atoms with van der Waals surface area (Å²) in [7, 11) is 0. The standard InChI is InChI=1S/C16H20N2O/c19-15(10-12-6-3-1-2-4-7-12)14-11-18-16-13(14)8-5-9-17-16/h5,8-9,11-12H,1-4,6-7,10H2,(H,17,18). The average molecular weight is 256 g/mol. The SMILES string of the molecule is O=C(CC1CCCCCC1)c1c[nH]c2ncccc12. The molecule has 0 unspecified atom stereocenters. The fourth-order valence-corrected chi connectivity index (χ4v) is 3.13. The molecule has 0 aromatic carbocycles. The molecule has 2 heterocycles. The molecule has 1 aliphatic rings. The molecule has 2 aromatic rings. The van der Waals surface area contributed by atoms with E-state index < -0.39 is 0 Å². The van der Waals surface area contributed by atoms with Crippen LogP contribution >= 0.6 is 0 Å². The maximum Gasteiger partial charge on any atom is 0.165 e. The molecule has 0 radical (unpaired) electrons. The highest BCUT2D eigenvalue weighted by Gasteiger charge is 2.19. The van der Waals surface area contributed by atoms with E-state index in [-0.39, 0.29) is 5.78 Å². The minimum atomic E-state index is 0.270.